The Bertz CT molecular complexity index is 3910. The number of imide groups is 2. The van der Waals surface area contributed by atoms with Gasteiger partial charge in [-0.15, -0.1) is 0 Å². The van der Waals surface area contributed by atoms with Crippen LogP contribution in [0.25, 0.3) is 108 Å². The van der Waals surface area contributed by atoms with Gasteiger partial charge < -0.3 is 0 Å². The number of carbonyl (C=O) groups is 4. The first-order valence-corrected chi connectivity index (χ1v) is 36.2. The van der Waals surface area contributed by atoms with Crippen molar-refractivity contribution in [1.29, 1.82) is 0 Å². The fraction of sp³-hybridized carbons (Fsp3) is 0.405. The largest absolute Gasteiger partial charge is 0.271 e. The van der Waals surface area contributed by atoms with Gasteiger partial charge in [-0.3, -0.25) is 29.0 Å². The molecule has 0 bridgehead atoms. The number of halogens is 4. The maximum Gasteiger partial charge on any atom is 0.262 e. The van der Waals surface area contributed by atoms with Gasteiger partial charge in [0, 0.05) is 37.1 Å². The Morgan fingerprint density at radius 2 is 0.464 bits per heavy atom. The highest BCUT2D eigenvalue weighted by Gasteiger charge is 2.43. The summed E-state index contributed by atoms with van der Waals surface area (Å²) in [6.45, 7) is 8.97. The molecule has 0 radical (unpaired) electrons. The molecule has 13 rings (SSSR count). The van der Waals surface area contributed by atoms with Crippen LogP contribution in [0, 0.1) is 14.3 Å². The van der Waals surface area contributed by atoms with E-state index in [1.165, 1.54) is 120 Å². The van der Waals surface area contributed by atoms with Crippen molar-refractivity contribution in [2.24, 2.45) is 0 Å². The molecular formula is C74H74I4N2O4. The van der Waals surface area contributed by atoms with Crippen LogP contribution in [0.1, 0.15) is 223 Å². The highest BCUT2D eigenvalue weighted by molar-refractivity contribution is 14.1. The van der Waals surface area contributed by atoms with Crippen molar-refractivity contribution in [2.45, 2.75) is 194 Å². The van der Waals surface area contributed by atoms with Gasteiger partial charge in [0.1, 0.15) is 0 Å². The lowest BCUT2D eigenvalue weighted by molar-refractivity contribution is 0.0500. The molecular weight excluding hydrogens is 1490 g/mol. The van der Waals surface area contributed by atoms with E-state index in [9.17, 15) is 0 Å². The average molecular weight is 1560 g/mol. The summed E-state index contributed by atoms with van der Waals surface area (Å²) in [5.41, 5.74) is 2.72. The SMILES string of the molecule is CCCCCCCC(CCCCCCC)N1C(=O)c2c(I)cc3c4ccc5c6ccc7c8cc(I)c9c%10c(c(I)cc(c%11ccc(c%12ccc(c%13cc(I)c(c2c3%13)C1=O)c4c5%12)c6c7%11)c%108)C(=O)N(C(CCCCCCC)CCCCCCC)C9=O. The second-order valence-electron chi connectivity index (χ2n) is 24.8. The summed E-state index contributed by atoms with van der Waals surface area (Å²) in [6.07, 6.45) is 26.3. The zero-order valence-corrected chi connectivity index (χ0v) is 57.7. The third-order valence-electron chi connectivity index (χ3n) is 19.7. The van der Waals surface area contributed by atoms with Crippen LogP contribution in [-0.4, -0.2) is 45.5 Å². The van der Waals surface area contributed by atoms with E-state index in [-0.39, 0.29) is 35.7 Å². The van der Waals surface area contributed by atoms with Crippen molar-refractivity contribution in [2.75, 3.05) is 0 Å². The Morgan fingerprint density at radius 3 is 0.679 bits per heavy atom. The molecule has 11 aromatic carbocycles. The molecule has 4 amide bonds. The maximum atomic E-state index is 15.3. The standard InChI is InChI=1S/C74H74I4N2O4/c1-5-9-13-17-21-25-41(26-22-18-14-10-6-2)79-71(81)65-55(75)37-51-47-33-29-43-45-31-35-49-53-39-57(77)67-70-64(53)54(40-58(78)68(70)74(84)80(73(67)83)42(27-23-19-15-11-7-3)28-24-20-16-12-8-4)50-36-32-46(60(45)62(49)50)44-30-34-48(61(47)59(43)44)52-38-56(76)66(72(79)82)69(65)63(51)52/h29-42H,5-28H2,1-4H3. The second kappa shape index (κ2) is 24.5. The Balaban J connectivity index is 0.948. The van der Waals surface area contributed by atoms with Gasteiger partial charge in [0.15, 0.2) is 0 Å². The third kappa shape index (κ3) is 9.55. The molecule has 10 heteroatoms. The third-order valence-corrected chi connectivity index (χ3v) is 23.1. The predicted molar refractivity (Wildman–Crippen MR) is 388 cm³/mol. The first-order chi connectivity index (χ1) is 40.9. The van der Waals surface area contributed by atoms with E-state index in [2.05, 4.69) is 191 Å². The molecule has 432 valence electrons. The van der Waals surface area contributed by atoms with Gasteiger partial charge in [-0.2, -0.15) is 0 Å². The minimum atomic E-state index is -0.132. The molecule has 2 heterocycles. The molecule has 0 aromatic heterocycles. The first-order valence-electron chi connectivity index (χ1n) is 31.9. The van der Waals surface area contributed by atoms with Crippen molar-refractivity contribution in [3.05, 3.63) is 109 Å². The van der Waals surface area contributed by atoms with Gasteiger partial charge >= 0.3 is 0 Å². The van der Waals surface area contributed by atoms with Crippen LogP contribution in [0.5, 0.6) is 0 Å². The molecule has 0 unspecified atom stereocenters. The molecule has 84 heavy (non-hydrogen) atoms. The minimum absolute atomic E-state index is 0.123. The van der Waals surface area contributed by atoms with Crippen LogP contribution < -0.4 is 0 Å². The molecule has 0 spiro atoms. The van der Waals surface area contributed by atoms with Gasteiger partial charge in [-0.25, -0.2) is 0 Å². The van der Waals surface area contributed by atoms with E-state index in [0.29, 0.717) is 22.3 Å². The summed E-state index contributed by atoms with van der Waals surface area (Å²) in [5, 5.41) is 22.2. The summed E-state index contributed by atoms with van der Waals surface area (Å²) in [6, 6.07) is 27.2. The topological polar surface area (TPSA) is 74.8 Å². The highest BCUT2D eigenvalue weighted by atomic mass is 127. The molecule has 0 aliphatic carbocycles. The lowest BCUT2D eigenvalue weighted by atomic mass is 9.80. The Morgan fingerprint density at radius 1 is 0.274 bits per heavy atom. The predicted octanol–water partition coefficient (Wildman–Crippen LogP) is 23.3. The minimum Gasteiger partial charge on any atom is -0.271 e. The molecule has 0 saturated heterocycles. The summed E-state index contributed by atoms with van der Waals surface area (Å²) < 4.78 is 3.58. The van der Waals surface area contributed by atoms with Crippen LogP contribution in [0.3, 0.4) is 0 Å². The van der Waals surface area contributed by atoms with E-state index < -0.39 is 0 Å². The van der Waals surface area contributed by atoms with Gasteiger partial charge in [0.2, 0.25) is 0 Å². The van der Waals surface area contributed by atoms with Crippen LogP contribution in [0.4, 0.5) is 0 Å². The van der Waals surface area contributed by atoms with Gasteiger partial charge in [-0.1, -0.05) is 205 Å². The second-order valence-corrected chi connectivity index (χ2v) is 29.5. The summed E-state index contributed by atoms with van der Waals surface area (Å²) in [7, 11) is 0. The van der Waals surface area contributed by atoms with E-state index in [4.69, 9.17) is 0 Å². The fourth-order valence-corrected chi connectivity index (χ4v) is 18.9. The van der Waals surface area contributed by atoms with Crippen molar-refractivity contribution in [1.82, 2.24) is 9.80 Å². The van der Waals surface area contributed by atoms with Gasteiger partial charge in [0.05, 0.1) is 22.3 Å². The lowest BCUT2D eigenvalue weighted by Gasteiger charge is -2.36. The molecule has 0 N–H and O–H groups in total. The zero-order valence-electron chi connectivity index (χ0n) is 49.1. The normalized spacial score (nSPS) is 14.2. The van der Waals surface area contributed by atoms with Crippen LogP contribution in [-0.2, 0) is 0 Å². The first kappa shape index (κ1) is 59.0. The van der Waals surface area contributed by atoms with E-state index in [1.54, 1.807) is 9.80 Å². The number of rotatable bonds is 26. The number of unbranched alkanes of at least 4 members (excludes halogenated alkanes) is 16. The molecule has 6 nitrogen and oxygen atoms in total. The number of carbonyl (C=O) groups excluding carboxylic acids is 4. The Labute approximate surface area is 548 Å². The number of benzene rings is 11. The number of fused-ring (bicyclic) bond motifs is 6. The van der Waals surface area contributed by atoms with E-state index >= 15 is 19.2 Å². The van der Waals surface area contributed by atoms with E-state index in [1.807, 2.05) is 0 Å². The summed E-state index contributed by atoms with van der Waals surface area (Å²) >= 11 is 9.58. The lowest BCUT2D eigenvalue weighted by Crippen LogP contribution is -2.47. The monoisotopic (exact) mass is 1560 g/mol. The average Bonchev–Trinajstić information content (AvgIpc) is 0.701. The number of hydrogen-bond donors (Lipinski definition) is 0. The Kier molecular flexibility index (Phi) is 17.2. The zero-order chi connectivity index (χ0) is 58.2. The number of nitrogens with zero attached hydrogens (tertiary/aromatic N) is 2. The molecule has 0 atom stereocenters. The van der Waals surface area contributed by atoms with Crippen LogP contribution in [0.2, 0.25) is 0 Å². The molecule has 2 aliphatic heterocycles. The summed E-state index contributed by atoms with van der Waals surface area (Å²) in [5.74, 6) is -0.526. The Hall–Kier alpha value is -4.00. The fourth-order valence-electron chi connectivity index (χ4n) is 15.7. The van der Waals surface area contributed by atoms with Crippen molar-refractivity contribution in [3.63, 3.8) is 0 Å². The van der Waals surface area contributed by atoms with Crippen molar-refractivity contribution >= 4 is 222 Å². The molecule has 0 saturated carbocycles. The van der Waals surface area contributed by atoms with Crippen LogP contribution in [0.15, 0.2) is 72.8 Å². The van der Waals surface area contributed by atoms with Crippen molar-refractivity contribution < 1.29 is 19.2 Å². The number of amides is 4. The maximum absolute atomic E-state index is 15.3. The summed E-state index contributed by atoms with van der Waals surface area (Å²) in [4.78, 5) is 64.5. The highest BCUT2D eigenvalue weighted by Crippen LogP contribution is 2.54. The molecule has 2 aliphatic rings. The quantitative estimate of drug-likeness (QED) is 0.0178. The smallest absolute Gasteiger partial charge is 0.262 e. The molecule has 0 fully saturated rings. The van der Waals surface area contributed by atoms with Gasteiger partial charge in [0.25, 0.3) is 23.6 Å². The van der Waals surface area contributed by atoms with E-state index in [0.717, 1.165) is 156 Å². The molecule has 11 aromatic rings. The number of hydrogen-bond acceptors (Lipinski definition) is 4. The van der Waals surface area contributed by atoms with Gasteiger partial charge in [-0.05, 0) is 237 Å². The van der Waals surface area contributed by atoms with Crippen molar-refractivity contribution in [3.8, 4) is 0 Å². The van der Waals surface area contributed by atoms with Crippen LogP contribution >= 0.6 is 90.4 Å².